The lowest BCUT2D eigenvalue weighted by Gasteiger charge is -2.16. The van der Waals surface area contributed by atoms with Gasteiger partial charge in [-0.25, -0.2) is 0 Å². The molecule has 0 heterocycles. The number of rotatable bonds is 21. The van der Waals surface area contributed by atoms with Crippen LogP contribution in [-0.2, 0) is 9.59 Å². The molecule has 1 atom stereocenters. The number of hydrogen-bond donors (Lipinski definition) is 10. The Morgan fingerprint density at radius 3 is 1.52 bits per heavy atom. The van der Waals surface area contributed by atoms with Crippen LogP contribution >= 0.6 is 0 Å². The first-order valence-electron chi connectivity index (χ1n) is 17.5. The Morgan fingerprint density at radius 2 is 1.06 bits per heavy atom. The molecule has 0 aliphatic heterocycles. The van der Waals surface area contributed by atoms with E-state index in [0.29, 0.717) is 46.9 Å². The molecule has 0 fully saturated rings. The molecule has 54 heavy (non-hydrogen) atoms. The average molecular weight is 745 g/mol. The topological polar surface area (TPSA) is 327 Å². The zero-order chi connectivity index (χ0) is 40.2. The van der Waals surface area contributed by atoms with Crippen molar-refractivity contribution in [3.8, 4) is 0 Å². The summed E-state index contributed by atoms with van der Waals surface area (Å²) < 4.78 is 0. The van der Waals surface area contributed by atoms with Gasteiger partial charge >= 0.3 is 0 Å². The Labute approximate surface area is 316 Å². The number of benzene rings is 2. The lowest BCUT2D eigenvalue weighted by Crippen LogP contribution is -2.27. The summed E-state index contributed by atoms with van der Waals surface area (Å²) in [5.41, 5.74) is 47.6. The molecule has 2 aromatic carbocycles. The standard InChI is InChI=1S/C36H56N16O2/c1-21(37)20-44-22(2)26-14-27(23(3)47-50-34(38)39)17-30(16-26)45-32(53)12-10-8-6-7-9-11-13-33(54)46-31-18-28(24(4)48-51-35(40)41)15-29(19-31)25(5)49-52-36(42)43/h14-19,24,48H,1,6-13,20,37H2,2-5H3,(H,45,53)(H,46,54)(H4,38,39,50)(H4,40,41,51)(H4,42,43,52)/b44-22?,47-23+,49-25+. The molecule has 0 saturated heterocycles. The van der Waals surface area contributed by atoms with Crippen LogP contribution in [0.5, 0.6) is 0 Å². The van der Waals surface area contributed by atoms with E-state index in [1.54, 1.807) is 26.0 Å². The number of amides is 2. The van der Waals surface area contributed by atoms with Crippen molar-refractivity contribution in [2.45, 2.75) is 85.1 Å². The number of unbranched alkanes of at least 4 members (excludes halogenated alkanes) is 5. The van der Waals surface area contributed by atoms with Crippen LogP contribution in [0.2, 0.25) is 0 Å². The van der Waals surface area contributed by atoms with Crippen LogP contribution in [0.25, 0.3) is 0 Å². The van der Waals surface area contributed by atoms with Crippen molar-refractivity contribution in [2.75, 3.05) is 17.2 Å². The SMILES string of the molecule is C=C(N)CN=C(C)c1cc(NC(=O)CCCCCCCCC(=O)Nc2cc(/C(C)=N/N=C(N)N)cc(C(C)NN=C(N)N)c2)cc(/C(C)=N/N=C(N)N)c1. The molecule has 2 rings (SSSR count). The molecule has 0 saturated carbocycles. The van der Waals surface area contributed by atoms with Gasteiger partial charge in [0.1, 0.15) is 0 Å². The Morgan fingerprint density at radius 1 is 0.611 bits per heavy atom. The average Bonchev–Trinajstić information content (AvgIpc) is 3.11. The van der Waals surface area contributed by atoms with Gasteiger partial charge in [0.05, 0.1) is 24.0 Å². The van der Waals surface area contributed by atoms with Gasteiger partial charge in [-0.15, -0.1) is 15.3 Å². The van der Waals surface area contributed by atoms with Gasteiger partial charge in [0.25, 0.3) is 0 Å². The highest BCUT2D eigenvalue weighted by Crippen LogP contribution is 2.23. The summed E-state index contributed by atoms with van der Waals surface area (Å²) in [6, 6.07) is 10.8. The summed E-state index contributed by atoms with van der Waals surface area (Å²) >= 11 is 0. The van der Waals surface area contributed by atoms with Gasteiger partial charge in [-0.2, -0.15) is 10.2 Å². The maximum Gasteiger partial charge on any atom is 0.224 e. The fraction of sp³-hybridized carbons (Fsp3) is 0.389. The molecule has 2 aromatic rings. The van der Waals surface area contributed by atoms with Crippen LogP contribution in [0.1, 0.15) is 107 Å². The van der Waals surface area contributed by atoms with Crippen molar-refractivity contribution < 1.29 is 9.59 Å². The highest BCUT2D eigenvalue weighted by Gasteiger charge is 2.13. The van der Waals surface area contributed by atoms with Crippen molar-refractivity contribution in [3.05, 3.63) is 70.9 Å². The molecule has 292 valence electrons. The summed E-state index contributed by atoms with van der Waals surface area (Å²) in [4.78, 5) is 30.2. The third-order valence-electron chi connectivity index (χ3n) is 7.80. The molecule has 2 amide bonds. The van der Waals surface area contributed by atoms with E-state index in [-0.39, 0.29) is 42.3 Å². The van der Waals surface area contributed by atoms with Gasteiger partial charge in [-0.1, -0.05) is 32.3 Å². The molecule has 0 spiro atoms. The second-order valence-electron chi connectivity index (χ2n) is 12.7. The van der Waals surface area contributed by atoms with E-state index in [1.165, 1.54) is 0 Å². The first kappa shape index (κ1) is 43.7. The fourth-order valence-corrected chi connectivity index (χ4v) is 4.96. The van der Waals surface area contributed by atoms with Gasteiger partial charge in [0, 0.05) is 41.2 Å². The minimum Gasteiger partial charge on any atom is -0.401 e. The van der Waals surface area contributed by atoms with Crippen LogP contribution in [0, 0.1) is 0 Å². The maximum absolute atomic E-state index is 12.9. The zero-order valence-electron chi connectivity index (χ0n) is 31.7. The lowest BCUT2D eigenvalue weighted by atomic mass is 10.0. The number of carbonyl (C=O) groups excluding carboxylic acids is 2. The lowest BCUT2D eigenvalue weighted by molar-refractivity contribution is -0.117. The van der Waals surface area contributed by atoms with Crippen molar-refractivity contribution in [1.82, 2.24) is 5.43 Å². The van der Waals surface area contributed by atoms with E-state index in [9.17, 15) is 9.59 Å². The van der Waals surface area contributed by atoms with E-state index >= 15 is 0 Å². The van der Waals surface area contributed by atoms with Crippen LogP contribution in [0.4, 0.5) is 11.4 Å². The monoisotopic (exact) mass is 744 g/mol. The molecular formula is C36H56N16O2. The first-order valence-corrected chi connectivity index (χ1v) is 17.5. The number of nitrogens with two attached hydrogens (primary N) is 7. The predicted molar refractivity (Wildman–Crippen MR) is 221 cm³/mol. The molecule has 1 unspecified atom stereocenters. The number of guanidine groups is 3. The number of hydrazone groups is 1. The molecule has 18 heteroatoms. The summed E-state index contributed by atoms with van der Waals surface area (Å²) in [5.74, 6) is -0.660. The summed E-state index contributed by atoms with van der Waals surface area (Å²) in [5, 5.41) is 25.4. The molecule has 0 radical (unpaired) electrons. The van der Waals surface area contributed by atoms with Gasteiger partial charge in [-0.3, -0.25) is 20.0 Å². The summed E-state index contributed by atoms with van der Waals surface area (Å²) in [6.07, 6.45) is 5.81. The van der Waals surface area contributed by atoms with Crippen molar-refractivity contribution in [3.63, 3.8) is 0 Å². The molecule has 0 bridgehead atoms. The third kappa shape index (κ3) is 17.2. The van der Waals surface area contributed by atoms with Crippen LogP contribution in [0.15, 0.2) is 79.2 Å². The van der Waals surface area contributed by atoms with Crippen LogP contribution in [0.3, 0.4) is 0 Å². The predicted octanol–water partition coefficient (Wildman–Crippen LogP) is 2.50. The molecule has 17 N–H and O–H groups in total. The second-order valence-corrected chi connectivity index (χ2v) is 12.7. The van der Waals surface area contributed by atoms with Crippen molar-refractivity contribution in [2.24, 2.45) is 70.6 Å². The smallest absolute Gasteiger partial charge is 0.224 e. The fourth-order valence-electron chi connectivity index (χ4n) is 4.96. The van der Waals surface area contributed by atoms with Crippen molar-refractivity contribution in [1.29, 1.82) is 0 Å². The van der Waals surface area contributed by atoms with Crippen LogP contribution < -0.4 is 56.2 Å². The van der Waals surface area contributed by atoms with E-state index in [1.807, 2.05) is 38.1 Å². The zero-order valence-corrected chi connectivity index (χ0v) is 31.7. The van der Waals surface area contributed by atoms with E-state index in [4.69, 9.17) is 40.1 Å². The largest absolute Gasteiger partial charge is 0.401 e. The Balaban J connectivity index is 1.90. The summed E-state index contributed by atoms with van der Waals surface area (Å²) in [6.45, 7) is 11.2. The van der Waals surface area contributed by atoms with E-state index in [0.717, 1.165) is 60.9 Å². The third-order valence-corrected chi connectivity index (χ3v) is 7.80. The quantitative estimate of drug-likeness (QED) is 0.0385. The normalized spacial score (nSPS) is 12.3. The minimum atomic E-state index is -0.284. The molecular weight excluding hydrogens is 689 g/mol. The molecule has 18 nitrogen and oxygen atoms in total. The van der Waals surface area contributed by atoms with Gasteiger partial charge in [-0.05, 0) is 93.6 Å². The molecule has 0 aromatic heterocycles. The maximum atomic E-state index is 12.9. The van der Waals surface area contributed by atoms with Crippen LogP contribution in [-0.4, -0.2) is 53.4 Å². The van der Waals surface area contributed by atoms with E-state index < -0.39 is 0 Å². The second kappa shape index (κ2) is 22.5. The number of anilines is 2. The molecule has 0 aliphatic carbocycles. The number of hydrogen-bond acceptors (Lipinski definition) is 10. The van der Waals surface area contributed by atoms with Gasteiger partial charge < -0.3 is 50.8 Å². The van der Waals surface area contributed by atoms with Gasteiger partial charge in [0.15, 0.2) is 0 Å². The first-order chi connectivity index (χ1) is 25.5. The number of nitrogens with zero attached hydrogens (tertiary/aromatic N) is 6. The Bertz CT molecular complexity index is 1800. The Hall–Kier alpha value is -6.46. The van der Waals surface area contributed by atoms with E-state index in [2.05, 4.69) is 53.1 Å². The van der Waals surface area contributed by atoms with Gasteiger partial charge in [0.2, 0.25) is 29.7 Å². The highest BCUT2D eigenvalue weighted by molar-refractivity contribution is 6.06. The minimum absolute atomic E-state index is 0.105. The Kier molecular flexibility index (Phi) is 18.2. The number of carbonyl (C=O) groups is 2. The van der Waals surface area contributed by atoms with Crippen molar-refractivity contribution >= 4 is 58.2 Å². The molecule has 0 aliphatic rings. The number of nitrogens with one attached hydrogen (secondary N) is 3. The summed E-state index contributed by atoms with van der Waals surface area (Å²) in [7, 11) is 0. The highest BCUT2D eigenvalue weighted by atomic mass is 16.2. The number of aliphatic imine (C=N–C) groups is 1.